The zero-order valence-corrected chi connectivity index (χ0v) is 6.88. The number of hydrogen-bond acceptors (Lipinski definition) is 4. The van der Waals surface area contributed by atoms with E-state index < -0.39 is 18.4 Å². The van der Waals surface area contributed by atoms with Crippen LogP contribution in [0.1, 0.15) is 6.92 Å². The first-order valence-electron chi connectivity index (χ1n) is 3.35. The standard InChI is InChI=1S/C6H11F2NO3/c1-3-12-5(10)6(7,8)4-9(2)11/h11H,3-4H2,1-2H3. The molecular weight excluding hydrogens is 172 g/mol. The number of esters is 1. The van der Waals surface area contributed by atoms with Gasteiger partial charge in [0.05, 0.1) is 13.2 Å². The van der Waals surface area contributed by atoms with Crippen molar-refractivity contribution >= 4 is 5.97 Å². The Labute approximate surface area is 68.7 Å². The summed E-state index contributed by atoms with van der Waals surface area (Å²) in [5.74, 6) is -5.27. The van der Waals surface area contributed by atoms with Crippen LogP contribution in [0.15, 0.2) is 0 Å². The van der Waals surface area contributed by atoms with Gasteiger partial charge in [-0.25, -0.2) is 4.79 Å². The highest BCUT2D eigenvalue weighted by molar-refractivity contribution is 5.77. The number of nitrogens with zero attached hydrogens (tertiary/aromatic N) is 1. The first-order chi connectivity index (χ1) is 5.40. The number of halogens is 2. The van der Waals surface area contributed by atoms with Crippen molar-refractivity contribution in [1.29, 1.82) is 0 Å². The summed E-state index contributed by atoms with van der Waals surface area (Å²) in [5, 5.41) is 8.68. The van der Waals surface area contributed by atoms with Crippen molar-refractivity contribution in [1.82, 2.24) is 5.06 Å². The molecule has 1 N–H and O–H groups in total. The fourth-order valence-electron chi connectivity index (χ4n) is 0.589. The van der Waals surface area contributed by atoms with Crippen LogP contribution >= 0.6 is 0 Å². The molecule has 4 nitrogen and oxygen atoms in total. The van der Waals surface area contributed by atoms with Crippen molar-refractivity contribution in [2.75, 3.05) is 20.2 Å². The van der Waals surface area contributed by atoms with Crippen LogP contribution in [0.5, 0.6) is 0 Å². The first kappa shape index (κ1) is 11.2. The molecule has 0 amide bonds. The molecule has 0 aromatic carbocycles. The average Bonchev–Trinajstić information content (AvgIpc) is 1.85. The minimum Gasteiger partial charge on any atom is -0.462 e. The maximum absolute atomic E-state index is 12.6. The quantitative estimate of drug-likeness (QED) is 0.509. The van der Waals surface area contributed by atoms with E-state index in [4.69, 9.17) is 5.21 Å². The highest BCUT2D eigenvalue weighted by Crippen LogP contribution is 2.15. The van der Waals surface area contributed by atoms with Crippen molar-refractivity contribution in [2.24, 2.45) is 0 Å². The Balaban J connectivity index is 4.09. The predicted octanol–water partition coefficient (Wildman–Crippen LogP) is 0.506. The predicted molar refractivity (Wildman–Crippen MR) is 36.0 cm³/mol. The fraction of sp³-hybridized carbons (Fsp3) is 0.833. The number of rotatable bonds is 4. The monoisotopic (exact) mass is 183 g/mol. The summed E-state index contributed by atoms with van der Waals surface area (Å²) in [6.45, 7) is 0.256. The van der Waals surface area contributed by atoms with Gasteiger partial charge in [-0.2, -0.15) is 13.8 Å². The summed E-state index contributed by atoms with van der Waals surface area (Å²) < 4.78 is 29.2. The van der Waals surface area contributed by atoms with Gasteiger partial charge in [0.15, 0.2) is 0 Å². The van der Waals surface area contributed by atoms with E-state index >= 15 is 0 Å². The maximum atomic E-state index is 12.6. The second-order valence-corrected chi connectivity index (χ2v) is 2.24. The van der Waals surface area contributed by atoms with Gasteiger partial charge in [-0.1, -0.05) is 0 Å². The lowest BCUT2D eigenvalue weighted by atomic mass is 10.3. The second-order valence-electron chi connectivity index (χ2n) is 2.24. The minimum atomic E-state index is -3.65. The van der Waals surface area contributed by atoms with E-state index in [-0.39, 0.29) is 11.7 Å². The molecule has 0 bridgehead atoms. The van der Waals surface area contributed by atoms with Crippen molar-refractivity contribution in [3.8, 4) is 0 Å². The summed E-state index contributed by atoms with van der Waals surface area (Å²) in [4.78, 5) is 10.5. The van der Waals surface area contributed by atoms with Crippen LogP contribution < -0.4 is 0 Å². The van der Waals surface area contributed by atoms with Crippen molar-refractivity contribution in [3.05, 3.63) is 0 Å². The SMILES string of the molecule is CCOC(=O)C(F)(F)CN(C)O. The van der Waals surface area contributed by atoms with E-state index in [1.54, 1.807) is 0 Å². The van der Waals surface area contributed by atoms with Crippen LogP contribution in [0, 0.1) is 0 Å². The summed E-state index contributed by atoms with van der Waals surface area (Å²) in [6, 6.07) is 0. The Bertz CT molecular complexity index is 161. The topological polar surface area (TPSA) is 49.8 Å². The highest BCUT2D eigenvalue weighted by Gasteiger charge is 2.41. The number of carbonyl (C=O) groups excluding carboxylic acids is 1. The van der Waals surface area contributed by atoms with Gasteiger partial charge in [0.25, 0.3) is 0 Å². The lowest BCUT2D eigenvalue weighted by Gasteiger charge is -2.17. The molecule has 0 spiro atoms. The molecule has 0 fully saturated rings. The Hall–Kier alpha value is -0.750. The molecule has 0 unspecified atom stereocenters. The lowest BCUT2D eigenvalue weighted by molar-refractivity contribution is -0.188. The molecule has 0 atom stereocenters. The van der Waals surface area contributed by atoms with E-state index in [0.29, 0.717) is 0 Å². The molecule has 0 aliphatic carbocycles. The zero-order valence-electron chi connectivity index (χ0n) is 6.88. The molecule has 0 aliphatic rings. The molecule has 6 heteroatoms. The number of alkyl halides is 2. The molecule has 0 aromatic rings. The number of hydroxylamine groups is 2. The van der Waals surface area contributed by atoms with Crippen LogP contribution in [0.3, 0.4) is 0 Å². The smallest absolute Gasteiger partial charge is 0.378 e. The van der Waals surface area contributed by atoms with Crippen LogP contribution in [0.2, 0.25) is 0 Å². The minimum absolute atomic E-state index is 0.108. The Morgan fingerprint density at radius 3 is 2.50 bits per heavy atom. The Kier molecular flexibility index (Phi) is 4.05. The van der Waals surface area contributed by atoms with E-state index in [9.17, 15) is 13.6 Å². The largest absolute Gasteiger partial charge is 0.462 e. The van der Waals surface area contributed by atoms with Crippen LogP contribution in [0.25, 0.3) is 0 Å². The Morgan fingerprint density at radius 1 is 1.67 bits per heavy atom. The van der Waals surface area contributed by atoms with Crippen LogP contribution in [0.4, 0.5) is 8.78 Å². The number of hydrogen-bond donors (Lipinski definition) is 1. The van der Waals surface area contributed by atoms with Gasteiger partial charge in [0.2, 0.25) is 0 Å². The van der Waals surface area contributed by atoms with Gasteiger partial charge in [-0.3, -0.25) is 0 Å². The third kappa shape index (κ3) is 3.59. The maximum Gasteiger partial charge on any atom is 0.378 e. The molecular formula is C6H11F2NO3. The van der Waals surface area contributed by atoms with Gasteiger partial charge in [-0.05, 0) is 6.92 Å². The normalized spacial score (nSPS) is 11.8. The third-order valence-electron chi connectivity index (χ3n) is 1.00. The zero-order chi connectivity index (χ0) is 9.78. The van der Waals surface area contributed by atoms with Crippen LogP contribution in [-0.4, -0.2) is 42.4 Å². The van der Waals surface area contributed by atoms with Gasteiger partial charge >= 0.3 is 11.9 Å². The fourth-order valence-corrected chi connectivity index (χ4v) is 0.589. The van der Waals surface area contributed by atoms with E-state index in [1.807, 2.05) is 0 Å². The van der Waals surface area contributed by atoms with Crippen molar-refractivity contribution in [3.63, 3.8) is 0 Å². The van der Waals surface area contributed by atoms with Gasteiger partial charge < -0.3 is 9.94 Å². The number of ether oxygens (including phenoxy) is 1. The lowest BCUT2D eigenvalue weighted by Crippen LogP contribution is -2.40. The molecule has 0 saturated carbocycles. The van der Waals surface area contributed by atoms with E-state index in [0.717, 1.165) is 7.05 Å². The molecule has 0 radical (unpaired) electrons. The van der Waals surface area contributed by atoms with Crippen molar-refractivity contribution < 1.29 is 23.5 Å². The molecule has 12 heavy (non-hydrogen) atoms. The second kappa shape index (κ2) is 4.32. The number of carbonyl (C=O) groups is 1. The Morgan fingerprint density at radius 2 is 2.17 bits per heavy atom. The third-order valence-corrected chi connectivity index (χ3v) is 1.00. The molecule has 0 rings (SSSR count). The summed E-state index contributed by atoms with van der Waals surface area (Å²) in [6.07, 6.45) is 0. The summed E-state index contributed by atoms with van der Waals surface area (Å²) >= 11 is 0. The molecule has 0 saturated heterocycles. The average molecular weight is 183 g/mol. The highest BCUT2D eigenvalue weighted by atomic mass is 19.3. The summed E-state index contributed by atoms with van der Waals surface area (Å²) in [7, 11) is 1.02. The van der Waals surface area contributed by atoms with Gasteiger partial charge in [0, 0.05) is 7.05 Å². The van der Waals surface area contributed by atoms with Gasteiger partial charge in [0.1, 0.15) is 0 Å². The summed E-state index contributed by atoms with van der Waals surface area (Å²) in [5.41, 5.74) is 0. The van der Waals surface area contributed by atoms with Gasteiger partial charge in [-0.15, -0.1) is 0 Å². The molecule has 0 heterocycles. The van der Waals surface area contributed by atoms with E-state index in [2.05, 4.69) is 4.74 Å². The molecule has 0 aliphatic heterocycles. The first-order valence-corrected chi connectivity index (χ1v) is 3.35. The van der Waals surface area contributed by atoms with Crippen molar-refractivity contribution in [2.45, 2.75) is 12.8 Å². The molecule has 72 valence electrons. The van der Waals surface area contributed by atoms with E-state index in [1.165, 1.54) is 6.92 Å². The van der Waals surface area contributed by atoms with Crippen LogP contribution in [-0.2, 0) is 9.53 Å². The molecule has 0 aromatic heterocycles.